The molecule has 0 aliphatic carbocycles. The fraction of sp³-hybridized carbons (Fsp3) is 0.674. The van der Waals surface area contributed by atoms with Crippen LogP contribution >= 0.6 is 12.6 Å². The van der Waals surface area contributed by atoms with Crippen LogP contribution in [0, 0.1) is 0 Å². The van der Waals surface area contributed by atoms with Gasteiger partial charge in [-0.05, 0) is 36.1 Å². The van der Waals surface area contributed by atoms with Crippen LogP contribution in [-0.2, 0) is 5.41 Å². The molecule has 3 aromatic rings. The number of thiol groups is 1. The molecular formula is C43H70O2S. The van der Waals surface area contributed by atoms with Crippen molar-refractivity contribution >= 4 is 34.2 Å². The maximum atomic E-state index is 6.68. The normalized spacial score (nSPS) is 11.5. The van der Waals surface area contributed by atoms with E-state index in [1.807, 2.05) is 0 Å². The van der Waals surface area contributed by atoms with E-state index in [2.05, 4.69) is 89.7 Å². The molecule has 3 heteroatoms. The highest BCUT2D eigenvalue weighted by atomic mass is 32.1. The maximum absolute atomic E-state index is 6.68. The summed E-state index contributed by atoms with van der Waals surface area (Å²) in [5.41, 5.74) is 1.41. The van der Waals surface area contributed by atoms with Crippen molar-refractivity contribution in [3.05, 3.63) is 48.0 Å². The molecule has 0 aliphatic heterocycles. The van der Waals surface area contributed by atoms with E-state index in [4.69, 9.17) is 9.47 Å². The first-order chi connectivity index (χ1) is 22.5. The van der Waals surface area contributed by atoms with Crippen LogP contribution in [0.3, 0.4) is 0 Å². The van der Waals surface area contributed by atoms with Gasteiger partial charge < -0.3 is 9.47 Å². The van der Waals surface area contributed by atoms with E-state index in [1.165, 1.54) is 143 Å². The van der Waals surface area contributed by atoms with Gasteiger partial charge in [-0.2, -0.15) is 12.6 Å². The minimum Gasteiger partial charge on any atom is -0.492 e. The van der Waals surface area contributed by atoms with Crippen molar-refractivity contribution < 1.29 is 9.47 Å². The van der Waals surface area contributed by atoms with Gasteiger partial charge in [0.1, 0.15) is 11.5 Å². The van der Waals surface area contributed by atoms with Gasteiger partial charge in [-0.1, -0.05) is 187 Å². The topological polar surface area (TPSA) is 18.5 Å². The van der Waals surface area contributed by atoms with E-state index in [0.29, 0.717) is 0 Å². The molecule has 0 aliphatic rings. The van der Waals surface area contributed by atoms with E-state index in [1.54, 1.807) is 6.26 Å². The average Bonchev–Trinajstić information content (AvgIpc) is 3.06. The summed E-state index contributed by atoms with van der Waals surface area (Å²) in [5.74, 6) is 2.06. The first-order valence-electron chi connectivity index (χ1n) is 19.2. The molecule has 3 rings (SSSR count). The van der Waals surface area contributed by atoms with Gasteiger partial charge in [-0.25, -0.2) is 0 Å². The van der Waals surface area contributed by atoms with Crippen molar-refractivity contribution in [3.63, 3.8) is 0 Å². The lowest BCUT2D eigenvalue weighted by Gasteiger charge is -2.22. The number of rotatable bonds is 24. The molecule has 46 heavy (non-hydrogen) atoms. The van der Waals surface area contributed by atoms with Crippen LogP contribution in [0.25, 0.3) is 21.5 Å². The molecule has 0 aromatic heterocycles. The molecule has 3 aromatic carbocycles. The average molecular weight is 651 g/mol. The second-order valence-corrected chi connectivity index (χ2v) is 14.3. The third-order valence-corrected chi connectivity index (χ3v) is 9.28. The van der Waals surface area contributed by atoms with Crippen molar-refractivity contribution in [1.29, 1.82) is 0 Å². The number of ether oxygens (including phenoxy) is 2. The van der Waals surface area contributed by atoms with Crippen LogP contribution < -0.4 is 9.47 Å². The summed E-state index contributed by atoms with van der Waals surface area (Å²) in [6.07, 6.45) is 28.4. The fourth-order valence-electron chi connectivity index (χ4n) is 6.40. The number of hydrogen-bond acceptors (Lipinski definition) is 3. The van der Waals surface area contributed by atoms with Gasteiger partial charge in [0.05, 0.1) is 13.2 Å². The van der Waals surface area contributed by atoms with E-state index < -0.39 is 0 Å². The van der Waals surface area contributed by atoms with E-state index in [-0.39, 0.29) is 5.41 Å². The predicted molar refractivity (Wildman–Crippen MR) is 210 cm³/mol. The highest BCUT2D eigenvalue weighted by Gasteiger charge is 2.20. The van der Waals surface area contributed by atoms with Crippen LogP contribution in [0.15, 0.2) is 42.5 Å². The lowest BCUT2D eigenvalue weighted by Crippen LogP contribution is -2.11. The second kappa shape index (κ2) is 24.3. The van der Waals surface area contributed by atoms with Gasteiger partial charge >= 0.3 is 0 Å². The molecule has 0 fully saturated rings. The van der Waals surface area contributed by atoms with Gasteiger partial charge in [-0.15, -0.1) is 0 Å². The number of benzene rings is 3. The largest absolute Gasteiger partial charge is 0.492 e. The van der Waals surface area contributed by atoms with E-state index >= 15 is 0 Å². The molecule has 260 valence electrons. The zero-order chi connectivity index (χ0) is 33.5. The zero-order valence-corrected chi connectivity index (χ0v) is 31.8. The fourth-order valence-corrected chi connectivity index (χ4v) is 6.40. The lowest BCUT2D eigenvalue weighted by molar-refractivity contribution is 0.306. The Morgan fingerprint density at radius 1 is 0.457 bits per heavy atom. The predicted octanol–water partition coefficient (Wildman–Crippen LogP) is 14.4. The molecular weight excluding hydrogens is 581 g/mol. The monoisotopic (exact) mass is 651 g/mol. The number of fused-ring (bicyclic) bond motifs is 2. The van der Waals surface area contributed by atoms with Crippen molar-refractivity contribution in [2.45, 2.75) is 168 Å². The molecule has 0 radical (unpaired) electrons. The zero-order valence-electron chi connectivity index (χ0n) is 30.9. The Balaban J connectivity index is 0.00000361. The second-order valence-electron chi connectivity index (χ2n) is 14.3. The first kappa shape index (κ1) is 40.3. The molecule has 0 saturated carbocycles. The standard InChI is InChI=1S/C42H66O2.CH4S/c1-6-8-10-12-14-16-18-20-22-26-32-43-40-36-28-24-25-29-37(36)41(39-34-35(42(3,4)5)30-31-38(39)40)44-33-27-23-21-19-17-15-13-11-9-7-2;1-2/h24-25,28-31,34H,6-23,26-27,32-33H2,1-5H3;2H,1H3. The summed E-state index contributed by atoms with van der Waals surface area (Å²) in [6.45, 7) is 13.0. The molecule has 0 amide bonds. The summed E-state index contributed by atoms with van der Waals surface area (Å²) in [6, 6.07) is 15.6. The van der Waals surface area contributed by atoms with Gasteiger partial charge in [-0.3, -0.25) is 0 Å². The molecule has 0 heterocycles. The quantitative estimate of drug-likeness (QED) is 0.0591. The van der Waals surface area contributed by atoms with E-state index in [0.717, 1.165) is 37.6 Å². The third kappa shape index (κ3) is 14.5. The van der Waals surface area contributed by atoms with Gasteiger partial charge in [0.2, 0.25) is 0 Å². The van der Waals surface area contributed by atoms with Crippen LogP contribution in [0.2, 0.25) is 0 Å². The summed E-state index contributed by atoms with van der Waals surface area (Å²) >= 11 is 3.53. The molecule has 0 atom stereocenters. The van der Waals surface area contributed by atoms with Crippen molar-refractivity contribution in [3.8, 4) is 11.5 Å². The molecule has 0 spiro atoms. The van der Waals surface area contributed by atoms with Crippen molar-refractivity contribution in [2.75, 3.05) is 19.5 Å². The Kier molecular flexibility index (Phi) is 21.3. The van der Waals surface area contributed by atoms with Crippen LogP contribution in [0.1, 0.15) is 169 Å². The third-order valence-electron chi connectivity index (χ3n) is 9.28. The molecule has 0 unspecified atom stereocenters. The summed E-state index contributed by atoms with van der Waals surface area (Å²) in [7, 11) is 0. The Labute approximate surface area is 290 Å². The Morgan fingerprint density at radius 3 is 1.20 bits per heavy atom. The smallest absolute Gasteiger partial charge is 0.135 e. The van der Waals surface area contributed by atoms with Crippen molar-refractivity contribution in [1.82, 2.24) is 0 Å². The molecule has 2 nitrogen and oxygen atoms in total. The molecule has 0 bridgehead atoms. The molecule has 0 N–H and O–H groups in total. The lowest BCUT2D eigenvalue weighted by atomic mass is 9.85. The van der Waals surface area contributed by atoms with Crippen molar-refractivity contribution in [2.24, 2.45) is 0 Å². The van der Waals surface area contributed by atoms with Crippen LogP contribution in [0.5, 0.6) is 11.5 Å². The Morgan fingerprint density at radius 2 is 0.804 bits per heavy atom. The van der Waals surface area contributed by atoms with Gasteiger partial charge in [0, 0.05) is 21.5 Å². The number of unbranched alkanes of at least 4 members (excludes halogenated alkanes) is 18. The first-order valence-corrected chi connectivity index (χ1v) is 20.1. The molecule has 0 saturated heterocycles. The highest BCUT2D eigenvalue weighted by Crippen LogP contribution is 2.44. The summed E-state index contributed by atoms with van der Waals surface area (Å²) in [4.78, 5) is 0. The van der Waals surface area contributed by atoms with Gasteiger partial charge in [0.25, 0.3) is 0 Å². The summed E-state index contributed by atoms with van der Waals surface area (Å²) < 4.78 is 13.3. The minimum absolute atomic E-state index is 0.0741. The van der Waals surface area contributed by atoms with E-state index in [9.17, 15) is 0 Å². The van der Waals surface area contributed by atoms with Crippen LogP contribution in [-0.4, -0.2) is 19.5 Å². The summed E-state index contributed by atoms with van der Waals surface area (Å²) in [5, 5.41) is 4.73. The van der Waals surface area contributed by atoms with Gasteiger partial charge in [0.15, 0.2) is 0 Å². The minimum atomic E-state index is 0.0741. The SMILES string of the molecule is CCCCCCCCCCCCOc1c2ccccc2c(OCCCCCCCCCCCC)c2cc(C(C)(C)C)ccc12.CS. The Bertz CT molecular complexity index is 1190. The Hall–Kier alpha value is -1.87. The number of hydrogen-bond donors (Lipinski definition) is 1. The maximum Gasteiger partial charge on any atom is 0.135 e. The highest BCUT2D eigenvalue weighted by molar-refractivity contribution is 7.79. The van der Waals surface area contributed by atoms with Crippen LogP contribution in [0.4, 0.5) is 0 Å².